The number of nitrogens with zero attached hydrogens (tertiary/aromatic N) is 4. The Morgan fingerprint density at radius 1 is 1.00 bits per heavy atom. The Hall–Kier alpha value is -3.13. The molecule has 0 amide bonds. The second kappa shape index (κ2) is 6.79. The highest BCUT2D eigenvalue weighted by Gasteiger charge is 2.30. The fourth-order valence-corrected chi connectivity index (χ4v) is 2.84. The summed E-state index contributed by atoms with van der Waals surface area (Å²) in [6.07, 6.45) is -4.42. The van der Waals surface area contributed by atoms with Crippen LogP contribution in [0.5, 0.6) is 0 Å². The summed E-state index contributed by atoms with van der Waals surface area (Å²) in [7, 11) is 0. The van der Waals surface area contributed by atoms with Gasteiger partial charge in [-0.1, -0.05) is 17.7 Å². The molecule has 4 aromatic rings. The van der Waals surface area contributed by atoms with Crippen LogP contribution in [0.4, 0.5) is 24.7 Å². The largest absolute Gasteiger partial charge is 0.416 e. The Morgan fingerprint density at radius 2 is 1.75 bits per heavy atom. The quantitative estimate of drug-likeness (QED) is 0.489. The number of rotatable bonds is 3. The molecule has 5 nitrogen and oxygen atoms in total. The molecule has 142 valence electrons. The summed E-state index contributed by atoms with van der Waals surface area (Å²) in [6.45, 7) is 1.77. The first kappa shape index (κ1) is 18.2. The van der Waals surface area contributed by atoms with Crippen molar-refractivity contribution in [1.29, 1.82) is 0 Å². The van der Waals surface area contributed by atoms with Gasteiger partial charge in [0.15, 0.2) is 5.82 Å². The van der Waals surface area contributed by atoms with Gasteiger partial charge in [0.25, 0.3) is 5.78 Å². The smallest absolute Gasteiger partial charge is 0.340 e. The van der Waals surface area contributed by atoms with Gasteiger partial charge in [-0.3, -0.25) is 0 Å². The lowest BCUT2D eigenvalue weighted by Gasteiger charge is -2.11. The fraction of sp³-hybridized carbons (Fsp3) is 0.105. The van der Waals surface area contributed by atoms with E-state index >= 15 is 0 Å². The van der Waals surface area contributed by atoms with Gasteiger partial charge in [-0.05, 0) is 49.4 Å². The molecule has 0 saturated carbocycles. The molecule has 0 aliphatic heterocycles. The predicted octanol–water partition coefficient (Wildman–Crippen LogP) is 5.52. The lowest BCUT2D eigenvalue weighted by molar-refractivity contribution is -0.137. The van der Waals surface area contributed by atoms with Crippen LogP contribution in [0.3, 0.4) is 0 Å². The standard InChI is InChI=1S/C19H13ClF3N5/c1-11-9-16(25-15-4-2-3-13(10-15)19(21,22)23)28-18(24-11)26-17(27-28)12-5-7-14(20)8-6-12/h2-10,25H,1H3. The molecule has 9 heteroatoms. The van der Waals surface area contributed by atoms with Gasteiger partial charge in [-0.15, -0.1) is 5.10 Å². The van der Waals surface area contributed by atoms with Gasteiger partial charge in [0, 0.05) is 28.0 Å². The van der Waals surface area contributed by atoms with E-state index < -0.39 is 11.7 Å². The third-order valence-corrected chi connectivity index (χ3v) is 4.26. The van der Waals surface area contributed by atoms with Crippen LogP contribution in [-0.4, -0.2) is 19.6 Å². The van der Waals surface area contributed by atoms with Crippen molar-refractivity contribution in [2.45, 2.75) is 13.1 Å². The Labute approximate surface area is 162 Å². The van der Waals surface area contributed by atoms with Gasteiger partial charge in [-0.2, -0.15) is 22.7 Å². The molecule has 0 saturated heterocycles. The molecule has 2 heterocycles. The maximum absolute atomic E-state index is 13.0. The number of aryl methyl sites for hydroxylation is 1. The SMILES string of the molecule is Cc1cc(Nc2cccc(C(F)(F)F)c2)n2nc(-c3ccc(Cl)cc3)nc2n1. The first-order valence-corrected chi connectivity index (χ1v) is 8.62. The van der Waals surface area contributed by atoms with E-state index in [-0.39, 0.29) is 5.69 Å². The number of alkyl halides is 3. The van der Waals surface area contributed by atoms with Gasteiger partial charge >= 0.3 is 6.18 Å². The molecule has 0 spiro atoms. The number of hydrogen-bond acceptors (Lipinski definition) is 4. The van der Waals surface area contributed by atoms with E-state index in [2.05, 4.69) is 20.4 Å². The lowest BCUT2D eigenvalue weighted by atomic mass is 10.2. The summed E-state index contributed by atoms with van der Waals surface area (Å²) in [6, 6.07) is 13.7. The normalized spacial score (nSPS) is 11.8. The van der Waals surface area contributed by atoms with Gasteiger partial charge < -0.3 is 5.32 Å². The Bertz CT molecular complexity index is 1150. The van der Waals surface area contributed by atoms with Crippen molar-refractivity contribution in [2.75, 3.05) is 5.32 Å². The monoisotopic (exact) mass is 403 g/mol. The van der Waals surface area contributed by atoms with Gasteiger partial charge in [0.1, 0.15) is 5.82 Å². The minimum atomic E-state index is -4.42. The van der Waals surface area contributed by atoms with Crippen LogP contribution < -0.4 is 5.32 Å². The van der Waals surface area contributed by atoms with E-state index in [4.69, 9.17) is 11.6 Å². The first-order chi connectivity index (χ1) is 13.3. The van der Waals surface area contributed by atoms with E-state index in [1.807, 2.05) is 0 Å². The minimum Gasteiger partial charge on any atom is -0.340 e. The number of hydrogen-bond donors (Lipinski definition) is 1. The van der Waals surface area contributed by atoms with Crippen LogP contribution >= 0.6 is 11.6 Å². The number of halogens is 4. The van der Waals surface area contributed by atoms with Gasteiger partial charge in [0.05, 0.1) is 5.56 Å². The fourth-order valence-electron chi connectivity index (χ4n) is 2.72. The van der Waals surface area contributed by atoms with E-state index in [9.17, 15) is 13.2 Å². The number of anilines is 2. The van der Waals surface area contributed by atoms with E-state index in [1.54, 1.807) is 43.3 Å². The summed E-state index contributed by atoms with van der Waals surface area (Å²) in [5.41, 5.74) is 0.944. The number of fused-ring (bicyclic) bond motifs is 1. The van der Waals surface area contributed by atoms with Gasteiger partial charge in [0.2, 0.25) is 0 Å². The van der Waals surface area contributed by atoms with Crippen molar-refractivity contribution in [2.24, 2.45) is 0 Å². The molecule has 2 aromatic heterocycles. The highest BCUT2D eigenvalue weighted by molar-refractivity contribution is 6.30. The Morgan fingerprint density at radius 3 is 2.46 bits per heavy atom. The Balaban J connectivity index is 1.76. The minimum absolute atomic E-state index is 0.283. The van der Waals surface area contributed by atoms with E-state index in [1.165, 1.54) is 10.6 Å². The molecule has 0 radical (unpaired) electrons. The second-order valence-corrected chi connectivity index (χ2v) is 6.58. The highest BCUT2D eigenvalue weighted by Crippen LogP contribution is 2.31. The molecule has 0 fully saturated rings. The molecule has 2 aromatic carbocycles. The third-order valence-electron chi connectivity index (χ3n) is 4.00. The van der Waals surface area contributed by atoms with Crippen LogP contribution in [0, 0.1) is 6.92 Å². The van der Waals surface area contributed by atoms with Crippen LogP contribution in [0.1, 0.15) is 11.3 Å². The molecule has 4 rings (SSSR count). The average Bonchev–Trinajstić information content (AvgIpc) is 3.06. The van der Waals surface area contributed by atoms with Crippen LogP contribution in [-0.2, 0) is 6.18 Å². The molecule has 0 unspecified atom stereocenters. The summed E-state index contributed by atoms with van der Waals surface area (Å²) >= 11 is 5.91. The molecule has 0 aliphatic rings. The summed E-state index contributed by atoms with van der Waals surface area (Å²) in [5.74, 6) is 1.22. The zero-order valence-electron chi connectivity index (χ0n) is 14.5. The maximum atomic E-state index is 13.0. The maximum Gasteiger partial charge on any atom is 0.416 e. The summed E-state index contributed by atoms with van der Waals surface area (Å²) < 4.78 is 40.4. The van der Waals surface area contributed by atoms with Crippen molar-refractivity contribution >= 4 is 28.9 Å². The van der Waals surface area contributed by atoms with Crippen LogP contribution in [0.15, 0.2) is 54.6 Å². The Kier molecular flexibility index (Phi) is 4.43. The van der Waals surface area contributed by atoms with Gasteiger partial charge in [-0.25, -0.2) is 4.98 Å². The zero-order chi connectivity index (χ0) is 19.9. The molecular formula is C19H13ClF3N5. The zero-order valence-corrected chi connectivity index (χ0v) is 15.3. The molecule has 1 N–H and O–H groups in total. The number of nitrogens with one attached hydrogen (secondary N) is 1. The van der Waals surface area contributed by atoms with Crippen LogP contribution in [0.2, 0.25) is 5.02 Å². The number of aromatic nitrogens is 4. The topological polar surface area (TPSA) is 55.1 Å². The predicted molar refractivity (Wildman–Crippen MR) is 101 cm³/mol. The first-order valence-electron chi connectivity index (χ1n) is 8.24. The summed E-state index contributed by atoms with van der Waals surface area (Å²) in [5, 5.41) is 8.00. The molecule has 0 aliphatic carbocycles. The van der Waals surface area contributed by atoms with Crippen molar-refractivity contribution < 1.29 is 13.2 Å². The molecular weight excluding hydrogens is 391 g/mol. The number of benzene rings is 2. The average molecular weight is 404 g/mol. The van der Waals surface area contributed by atoms with E-state index in [0.717, 1.165) is 17.7 Å². The molecule has 28 heavy (non-hydrogen) atoms. The van der Waals surface area contributed by atoms with Crippen molar-refractivity contribution in [3.05, 3.63) is 70.9 Å². The van der Waals surface area contributed by atoms with Crippen LogP contribution in [0.25, 0.3) is 17.2 Å². The second-order valence-electron chi connectivity index (χ2n) is 6.14. The van der Waals surface area contributed by atoms with Crippen molar-refractivity contribution in [3.8, 4) is 11.4 Å². The molecule has 0 atom stereocenters. The highest BCUT2D eigenvalue weighted by atomic mass is 35.5. The summed E-state index contributed by atoms with van der Waals surface area (Å²) in [4.78, 5) is 8.75. The van der Waals surface area contributed by atoms with Crippen molar-refractivity contribution in [3.63, 3.8) is 0 Å². The lowest BCUT2D eigenvalue weighted by Crippen LogP contribution is -2.06. The van der Waals surface area contributed by atoms with Crippen molar-refractivity contribution in [1.82, 2.24) is 19.6 Å². The van der Waals surface area contributed by atoms with E-state index in [0.29, 0.717) is 28.1 Å². The molecule has 0 bridgehead atoms. The third kappa shape index (κ3) is 3.63.